The van der Waals surface area contributed by atoms with Crippen LogP contribution >= 0.6 is 11.3 Å². The van der Waals surface area contributed by atoms with E-state index < -0.39 is 24.1 Å². The van der Waals surface area contributed by atoms with Gasteiger partial charge in [0.05, 0.1) is 23.1 Å². The summed E-state index contributed by atoms with van der Waals surface area (Å²) in [7, 11) is 0. The average Bonchev–Trinajstić information content (AvgIpc) is 3.27. The molecule has 0 radical (unpaired) electrons. The van der Waals surface area contributed by atoms with Gasteiger partial charge < -0.3 is 19.8 Å². The molecule has 3 atom stereocenters. The number of anilines is 1. The second-order valence-electron chi connectivity index (χ2n) is 6.90. The summed E-state index contributed by atoms with van der Waals surface area (Å²) in [6.07, 6.45) is -1.20. The Morgan fingerprint density at radius 3 is 2.76 bits per heavy atom. The number of nitrogens with one attached hydrogen (secondary N) is 1. The lowest BCUT2D eigenvalue weighted by Gasteiger charge is -2.44. The molecule has 4 rings (SSSR count). The molecule has 0 unspecified atom stereocenters. The first-order valence-corrected chi connectivity index (χ1v) is 9.85. The minimum Gasteiger partial charge on any atom is -0.477 e. The van der Waals surface area contributed by atoms with Gasteiger partial charge in [-0.3, -0.25) is 10.1 Å². The molecular formula is C20H18N2O6S. The molecule has 0 aliphatic carbocycles. The highest BCUT2D eigenvalue weighted by molar-refractivity contribution is 7.14. The maximum absolute atomic E-state index is 12.3. The molecule has 2 amide bonds. The van der Waals surface area contributed by atoms with Gasteiger partial charge in [0.25, 0.3) is 0 Å². The molecule has 0 bridgehead atoms. The van der Waals surface area contributed by atoms with Crippen molar-refractivity contribution in [2.24, 2.45) is 5.92 Å². The fraction of sp³-hybridized carbons (Fsp3) is 0.250. The number of carboxylic acid groups (broad SMARTS) is 1. The van der Waals surface area contributed by atoms with E-state index in [1.165, 1.54) is 23.2 Å². The second kappa shape index (κ2) is 7.34. The van der Waals surface area contributed by atoms with E-state index in [9.17, 15) is 24.6 Å². The van der Waals surface area contributed by atoms with Crippen molar-refractivity contribution in [1.29, 1.82) is 0 Å². The monoisotopic (exact) mass is 414 g/mol. The predicted octanol–water partition coefficient (Wildman–Crippen LogP) is 2.77. The van der Waals surface area contributed by atoms with Crippen LogP contribution in [0.2, 0.25) is 0 Å². The Morgan fingerprint density at radius 2 is 2.10 bits per heavy atom. The number of aliphatic hydroxyl groups excluding tert-OH is 1. The average molecular weight is 414 g/mol. The Balaban J connectivity index is 1.58. The summed E-state index contributed by atoms with van der Waals surface area (Å²) in [5.41, 5.74) is 0.940. The molecular weight excluding hydrogens is 396 g/mol. The van der Waals surface area contributed by atoms with Crippen LogP contribution in [0.25, 0.3) is 5.57 Å². The first-order chi connectivity index (χ1) is 13.9. The summed E-state index contributed by atoms with van der Waals surface area (Å²) in [5, 5.41) is 24.6. The molecule has 2 aliphatic heterocycles. The van der Waals surface area contributed by atoms with E-state index in [0.29, 0.717) is 22.6 Å². The summed E-state index contributed by atoms with van der Waals surface area (Å²) in [6, 6.07) is 9.67. The molecule has 3 N–H and O–H groups in total. The number of carbonyl (C=O) groups excluding carboxylic acids is 2. The van der Waals surface area contributed by atoms with E-state index in [1.807, 2.05) is 5.38 Å². The van der Waals surface area contributed by atoms with Crippen LogP contribution in [-0.2, 0) is 9.59 Å². The maximum atomic E-state index is 12.3. The van der Waals surface area contributed by atoms with Gasteiger partial charge in [-0.1, -0.05) is 12.1 Å². The smallest absolute Gasteiger partial charge is 0.417 e. The number of rotatable bonds is 5. The van der Waals surface area contributed by atoms with Crippen LogP contribution in [0, 0.1) is 5.92 Å². The number of aliphatic carboxylic acids is 1. The number of fused-ring (bicyclic) bond motifs is 1. The van der Waals surface area contributed by atoms with Crippen molar-refractivity contribution < 1.29 is 29.3 Å². The van der Waals surface area contributed by atoms with E-state index in [2.05, 4.69) is 5.32 Å². The Bertz CT molecular complexity index is 1010. The van der Waals surface area contributed by atoms with Gasteiger partial charge >= 0.3 is 12.1 Å². The van der Waals surface area contributed by atoms with Crippen LogP contribution in [0.1, 0.15) is 18.9 Å². The highest BCUT2D eigenvalue weighted by Crippen LogP contribution is 2.47. The van der Waals surface area contributed by atoms with Crippen LogP contribution in [0.5, 0.6) is 5.75 Å². The first-order valence-electron chi connectivity index (χ1n) is 8.97. The predicted molar refractivity (Wildman–Crippen MR) is 105 cm³/mol. The summed E-state index contributed by atoms with van der Waals surface area (Å²) in [5.74, 6) is -1.96. The first kappa shape index (κ1) is 19.2. The minimum atomic E-state index is -1.21. The summed E-state index contributed by atoms with van der Waals surface area (Å²) >= 11 is 1.36. The molecule has 9 heteroatoms. The minimum absolute atomic E-state index is 0.0860. The molecule has 29 heavy (non-hydrogen) atoms. The number of ether oxygens (including phenoxy) is 1. The van der Waals surface area contributed by atoms with E-state index in [1.54, 1.807) is 36.4 Å². The lowest BCUT2D eigenvalue weighted by atomic mass is 9.82. The summed E-state index contributed by atoms with van der Waals surface area (Å²) in [6.45, 7) is 1.53. The molecule has 3 heterocycles. The Labute approximate surface area is 170 Å². The van der Waals surface area contributed by atoms with Crippen molar-refractivity contribution in [1.82, 2.24) is 4.90 Å². The van der Waals surface area contributed by atoms with Gasteiger partial charge in [-0.25, -0.2) is 9.59 Å². The number of hydrogen-bond acceptors (Lipinski definition) is 6. The molecule has 1 aromatic carbocycles. The molecule has 150 valence electrons. The van der Waals surface area contributed by atoms with Crippen LogP contribution < -0.4 is 10.1 Å². The van der Waals surface area contributed by atoms with Crippen molar-refractivity contribution >= 4 is 39.9 Å². The van der Waals surface area contributed by atoms with Crippen molar-refractivity contribution in [3.8, 4) is 5.75 Å². The zero-order valence-electron chi connectivity index (χ0n) is 15.4. The second-order valence-corrected chi connectivity index (χ2v) is 7.85. The molecule has 0 saturated carbocycles. The van der Waals surface area contributed by atoms with Gasteiger partial charge in [-0.2, -0.15) is 0 Å². The fourth-order valence-electron chi connectivity index (χ4n) is 3.86. The number of thiophene rings is 1. The van der Waals surface area contributed by atoms with Gasteiger partial charge in [-0.05, 0) is 54.1 Å². The molecule has 0 spiro atoms. The molecule has 8 nitrogen and oxygen atoms in total. The Kier molecular flexibility index (Phi) is 4.85. The number of hydrogen-bond donors (Lipinski definition) is 3. The van der Waals surface area contributed by atoms with Crippen LogP contribution in [0.3, 0.4) is 0 Å². The number of carboxylic acids is 1. The lowest BCUT2D eigenvalue weighted by Crippen LogP contribution is -2.61. The van der Waals surface area contributed by atoms with Gasteiger partial charge in [0.2, 0.25) is 5.91 Å². The highest BCUT2D eigenvalue weighted by Gasteiger charge is 2.56. The Morgan fingerprint density at radius 1 is 1.31 bits per heavy atom. The van der Waals surface area contributed by atoms with E-state index >= 15 is 0 Å². The normalized spacial score (nSPS) is 21.4. The highest BCUT2D eigenvalue weighted by atomic mass is 32.1. The molecule has 2 aromatic rings. The SMILES string of the molecule is C[C@@H](O)[C@H]1C(=O)N2C(C(=O)O)=C(c3cccc(OC(=O)Nc4cccs4)c3)C[C@H]12. The quantitative estimate of drug-likeness (QED) is 0.648. The standard InChI is InChI=1S/C20H18N2O6S/c1-10(23)16-14-9-13(17(19(25)26)22(14)18(16)24)11-4-2-5-12(8-11)28-20(27)21-15-6-3-7-29-15/h2-8,10,14,16,23H,9H2,1H3,(H,21,27)(H,25,26)/t10-,14-,16-/m1/s1. The van der Waals surface area contributed by atoms with Crippen LogP contribution in [0.4, 0.5) is 9.80 Å². The summed E-state index contributed by atoms with van der Waals surface area (Å²) in [4.78, 5) is 37.4. The van der Waals surface area contributed by atoms with Gasteiger partial charge in [0.15, 0.2) is 0 Å². The number of amides is 2. The lowest BCUT2D eigenvalue weighted by molar-refractivity contribution is -0.161. The summed E-state index contributed by atoms with van der Waals surface area (Å²) < 4.78 is 5.30. The topological polar surface area (TPSA) is 116 Å². The van der Waals surface area contributed by atoms with Crippen LogP contribution in [-0.4, -0.2) is 45.2 Å². The van der Waals surface area contributed by atoms with Crippen molar-refractivity contribution in [2.75, 3.05) is 5.32 Å². The molecule has 1 saturated heterocycles. The number of β-lactam (4-membered cyclic amide) rings is 1. The molecule has 1 aromatic heterocycles. The van der Waals surface area contributed by atoms with Crippen molar-refractivity contribution in [3.63, 3.8) is 0 Å². The third-order valence-corrected chi connectivity index (χ3v) is 5.86. The third kappa shape index (κ3) is 3.39. The number of benzene rings is 1. The number of aliphatic hydroxyl groups is 1. The number of nitrogens with zero attached hydrogens (tertiary/aromatic N) is 1. The molecule has 2 aliphatic rings. The van der Waals surface area contributed by atoms with Crippen molar-refractivity contribution in [2.45, 2.75) is 25.5 Å². The van der Waals surface area contributed by atoms with Gasteiger partial charge in [0, 0.05) is 0 Å². The third-order valence-electron chi connectivity index (χ3n) is 5.07. The van der Waals surface area contributed by atoms with Crippen molar-refractivity contribution in [3.05, 3.63) is 53.0 Å². The Hall–Kier alpha value is -3.17. The largest absolute Gasteiger partial charge is 0.477 e. The van der Waals surface area contributed by atoms with Gasteiger partial charge in [0.1, 0.15) is 11.4 Å². The fourth-order valence-corrected chi connectivity index (χ4v) is 4.46. The van der Waals surface area contributed by atoms with Crippen LogP contribution in [0.15, 0.2) is 47.5 Å². The molecule has 1 fully saturated rings. The number of carbonyl (C=O) groups is 3. The van der Waals surface area contributed by atoms with E-state index in [-0.39, 0.29) is 23.4 Å². The zero-order valence-corrected chi connectivity index (χ0v) is 16.2. The van der Waals surface area contributed by atoms with E-state index in [4.69, 9.17) is 4.74 Å². The van der Waals surface area contributed by atoms with E-state index in [0.717, 1.165) is 0 Å². The van der Waals surface area contributed by atoms with Gasteiger partial charge in [-0.15, -0.1) is 11.3 Å². The maximum Gasteiger partial charge on any atom is 0.417 e. The zero-order chi connectivity index (χ0) is 20.7.